The Bertz CT molecular complexity index is 577. The number of benzene rings is 1. The van der Waals surface area contributed by atoms with Crippen LogP contribution in [0.3, 0.4) is 0 Å². The van der Waals surface area contributed by atoms with Gasteiger partial charge in [-0.05, 0) is 32.0 Å². The van der Waals surface area contributed by atoms with Crippen LogP contribution in [0.25, 0.3) is 11.0 Å². The number of halogens is 1. The molecule has 0 fully saturated rings. The summed E-state index contributed by atoms with van der Waals surface area (Å²) in [5, 5.41) is 0.607. The van der Waals surface area contributed by atoms with Crippen molar-refractivity contribution in [1.29, 1.82) is 0 Å². The molecule has 0 unspecified atom stereocenters. The van der Waals surface area contributed by atoms with E-state index in [2.05, 4.69) is 4.98 Å². The lowest BCUT2D eigenvalue weighted by Crippen LogP contribution is -2.39. The van der Waals surface area contributed by atoms with Crippen LogP contribution in [0.4, 0.5) is 0 Å². The van der Waals surface area contributed by atoms with Crippen molar-refractivity contribution in [2.45, 2.75) is 25.9 Å². The summed E-state index contributed by atoms with van der Waals surface area (Å²) < 4.78 is 1.61. The summed E-state index contributed by atoms with van der Waals surface area (Å²) in [4.78, 5) is 14.5. The zero-order valence-corrected chi connectivity index (χ0v) is 10.0. The van der Waals surface area contributed by atoms with E-state index in [1.165, 1.54) is 0 Å². The van der Waals surface area contributed by atoms with Gasteiger partial charge in [-0.3, -0.25) is 4.57 Å². The molecule has 0 aliphatic rings. The number of imidazole rings is 1. The van der Waals surface area contributed by atoms with Crippen LogP contribution in [0.1, 0.15) is 13.8 Å². The standard InChI is InChI=1S/C11H14ClN3O/c1-11(2,13)6-15-9-5-7(12)3-4-8(9)14-10(15)16/h3-5H,6,13H2,1-2H3,(H,14,16). The van der Waals surface area contributed by atoms with Gasteiger partial charge in [0.15, 0.2) is 0 Å². The number of aromatic nitrogens is 2. The first-order chi connectivity index (χ1) is 7.37. The van der Waals surface area contributed by atoms with E-state index in [0.717, 1.165) is 11.0 Å². The Kier molecular flexibility index (Phi) is 2.56. The molecule has 0 saturated heterocycles. The molecule has 86 valence electrons. The quantitative estimate of drug-likeness (QED) is 0.838. The number of hydrogen-bond donors (Lipinski definition) is 2. The Labute approximate surface area is 98.0 Å². The number of H-pyrrole nitrogens is 1. The van der Waals surface area contributed by atoms with Crippen LogP contribution in [-0.4, -0.2) is 15.1 Å². The number of hydrogen-bond acceptors (Lipinski definition) is 2. The van der Waals surface area contributed by atoms with Crippen molar-refractivity contribution < 1.29 is 0 Å². The van der Waals surface area contributed by atoms with E-state index in [1.807, 2.05) is 13.8 Å². The van der Waals surface area contributed by atoms with Crippen LogP contribution in [0.2, 0.25) is 5.02 Å². The number of fused-ring (bicyclic) bond motifs is 1. The Hall–Kier alpha value is -1.26. The van der Waals surface area contributed by atoms with Crippen molar-refractivity contribution in [3.8, 4) is 0 Å². The van der Waals surface area contributed by atoms with E-state index in [1.54, 1.807) is 22.8 Å². The lowest BCUT2D eigenvalue weighted by Gasteiger charge is -2.18. The molecule has 0 spiro atoms. The van der Waals surface area contributed by atoms with Crippen molar-refractivity contribution in [3.05, 3.63) is 33.7 Å². The zero-order valence-electron chi connectivity index (χ0n) is 9.25. The second-order valence-electron chi connectivity index (χ2n) is 4.67. The van der Waals surface area contributed by atoms with Crippen molar-refractivity contribution in [3.63, 3.8) is 0 Å². The molecule has 0 radical (unpaired) electrons. The molecule has 16 heavy (non-hydrogen) atoms. The first-order valence-corrected chi connectivity index (χ1v) is 5.41. The van der Waals surface area contributed by atoms with Crippen molar-refractivity contribution in [2.24, 2.45) is 5.73 Å². The Morgan fingerprint density at radius 3 is 2.81 bits per heavy atom. The first-order valence-electron chi connectivity index (χ1n) is 5.04. The summed E-state index contributed by atoms with van der Waals surface area (Å²) in [5.41, 5.74) is 6.88. The maximum Gasteiger partial charge on any atom is 0.326 e. The molecule has 1 aromatic heterocycles. The number of aromatic amines is 1. The molecule has 0 amide bonds. The predicted octanol–water partition coefficient (Wildman–Crippen LogP) is 1.72. The topological polar surface area (TPSA) is 63.8 Å². The molecule has 0 saturated carbocycles. The van der Waals surface area contributed by atoms with Crippen LogP contribution in [0.5, 0.6) is 0 Å². The highest BCUT2D eigenvalue weighted by atomic mass is 35.5. The monoisotopic (exact) mass is 239 g/mol. The van der Waals surface area contributed by atoms with Gasteiger partial charge < -0.3 is 10.7 Å². The Balaban J connectivity index is 2.63. The molecule has 2 rings (SSSR count). The molecule has 1 heterocycles. The molecular formula is C11H14ClN3O. The summed E-state index contributed by atoms with van der Waals surface area (Å²) in [7, 11) is 0. The minimum atomic E-state index is -0.443. The average molecular weight is 240 g/mol. The Morgan fingerprint density at radius 1 is 1.50 bits per heavy atom. The maximum atomic E-state index is 11.7. The number of nitrogens with two attached hydrogens (primary N) is 1. The van der Waals surface area contributed by atoms with E-state index in [4.69, 9.17) is 17.3 Å². The van der Waals surface area contributed by atoms with Crippen molar-refractivity contribution in [1.82, 2.24) is 9.55 Å². The van der Waals surface area contributed by atoms with Gasteiger partial charge in [-0.25, -0.2) is 4.79 Å². The summed E-state index contributed by atoms with van der Waals surface area (Å²) in [5.74, 6) is 0. The van der Waals surface area contributed by atoms with E-state index < -0.39 is 5.54 Å². The minimum absolute atomic E-state index is 0.157. The molecule has 3 N–H and O–H groups in total. The van der Waals surface area contributed by atoms with Crippen molar-refractivity contribution in [2.75, 3.05) is 0 Å². The smallest absolute Gasteiger partial charge is 0.324 e. The summed E-state index contributed by atoms with van der Waals surface area (Å²) in [6, 6.07) is 5.30. The third-order valence-corrected chi connectivity index (χ3v) is 2.54. The minimum Gasteiger partial charge on any atom is -0.324 e. The fraction of sp³-hybridized carbons (Fsp3) is 0.364. The third kappa shape index (κ3) is 2.13. The lowest BCUT2D eigenvalue weighted by atomic mass is 10.1. The molecular weight excluding hydrogens is 226 g/mol. The lowest BCUT2D eigenvalue weighted by molar-refractivity contribution is 0.434. The average Bonchev–Trinajstić information content (AvgIpc) is 2.42. The molecule has 0 aliphatic heterocycles. The fourth-order valence-corrected chi connectivity index (χ4v) is 1.86. The number of nitrogens with one attached hydrogen (secondary N) is 1. The van der Waals surface area contributed by atoms with Crippen LogP contribution in [0.15, 0.2) is 23.0 Å². The van der Waals surface area contributed by atoms with Crippen molar-refractivity contribution >= 4 is 22.6 Å². The Morgan fingerprint density at radius 2 is 2.19 bits per heavy atom. The molecule has 5 heteroatoms. The second kappa shape index (κ2) is 3.64. The van der Waals surface area contributed by atoms with Crippen LogP contribution in [0, 0.1) is 0 Å². The number of rotatable bonds is 2. The molecule has 1 aromatic carbocycles. The maximum absolute atomic E-state index is 11.7. The molecule has 2 aromatic rings. The highest BCUT2D eigenvalue weighted by molar-refractivity contribution is 6.31. The molecule has 4 nitrogen and oxygen atoms in total. The van der Waals surface area contributed by atoms with E-state index >= 15 is 0 Å². The summed E-state index contributed by atoms with van der Waals surface area (Å²) in [6.45, 7) is 4.21. The van der Waals surface area contributed by atoms with Gasteiger partial charge in [0.25, 0.3) is 0 Å². The normalized spacial score (nSPS) is 12.2. The van der Waals surface area contributed by atoms with Gasteiger partial charge in [-0.1, -0.05) is 11.6 Å². The van der Waals surface area contributed by atoms with Gasteiger partial charge in [0.2, 0.25) is 0 Å². The zero-order chi connectivity index (χ0) is 11.9. The molecule has 0 atom stereocenters. The summed E-state index contributed by atoms with van der Waals surface area (Å²) >= 11 is 5.91. The van der Waals surface area contributed by atoms with E-state index in [0.29, 0.717) is 11.6 Å². The predicted molar refractivity (Wildman–Crippen MR) is 65.8 cm³/mol. The van der Waals surface area contributed by atoms with Gasteiger partial charge in [0, 0.05) is 17.1 Å². The van der Waals surface area contributed by atoms with E-state index in [-0.39, 0.29) is 5.69 Å². The van der Waals surface area contributed by atoms with Crippen LogP contribution >= 0.6 is 11.6 Å². The molecule has 0 bridgehead atoms. The van der Waals surface area contributed by atoms with Crippen LogP contribution in [-0.2, 0) is 6.54 Å². The SMILES string of the molecule is CC(C)(N)Cn1c(=O)[nH]c2ccc(Cl)cc21. The van der Waals surface area contributed by atoms with Gasteiger partial charge in [0.1, 0.15) is 0 Å². The van der Waals surface area contributed by atoms with Crippen LogP contribution < -0.4 is 11.4 Å². The largest absolute Gasteiger partial charge is 0.326 e. The van der Waals surface area contributed by atoms with Gasteiger partial charge in [0.05, 0.1) is 11.0 Å². The summed E-state index contributed by atoms with van der Waals surface area (Å²) in [6.07, 6.45) is 0. The van der Waals surface area contributed by atoms with Gasteiger partial charge in [-0.15, -0.1) is 0 Å². The fourth-order valence-electron chi connectivity index (χ4n) is 1.69. The highest BCUT2D eigenvalue weighted by Crippen LogP contribution is 2.17. The number of nitrogens with zero attached hydrogens (tertiary/aromatic N) is 1. The second-order valence-corrected chi connectivity index (χ2v) is 5.10. The van der Waals surface area contributed by atoms with Gasteiger partial charge >= 0.3 is 5.69 Å². The highest BCUT2D eigenvalue weighted by Gasteiger charge is 2.15. The third-order valence-electron chi connectivity index (χ3n) is 2.30. The van der Waals surface area contributed by atoms with Gasteiger partial charge in [-0.2, -0.15) is 0 Å². The molecule has 0 aliphatic carbocycles. The van der Waals surface area contributed by atoms with E-state index in [9.17, 15) is 4.79 Å². The first kappa shape index (κ1) is 11.2.